The first-order valence-electron chi connectivity index (χ1n) is 10.5. The summed E-state index contributed by atoms with van der Waals surface area (Å²) >= 11 is 2.91. The van der Waals surface area contributed by atoms with Crippen LogP contribution in [0.2, 0.25) is 0 Å². The van der Waals surface area contributed by atoms with Crippen LogP contribution in [0.15, 0.2) is 33.0 Å². The highest BCUT2D eigenvalue weighted by molar-refractivity contribution is 7.89. The zero-order chi connectivity index (χ0) is 22.9. The lowest BCUT2D eigenvalue weighted by molar-refractivity contribution is -0.126. The Hall–Kier alpha value is -2.08. The molecule has 0 radical (unpaired) electrons. The number of sulfonamides is 1. The van der Waals surface area contributed by atoms with Crippen molar-refractivity contribution in [2.45, 2.75) is 51.0 Å². The Bertz CT molecular complexity index is 1180. The van der Waals surface area contributed by atoms with Crippen molar-refractivity contribution in [3.05, 3.63) is 39.2 Å². The van der Waals surface area contributed by atoms with Crippen LogP contribution in [0.3, 0.4) is 0 Å². The molecule has 172 valence electrons. The summed E-state index contributed by atoms with van der Waals surface area (Å²) in [6, 6.07) is 5.52. The predicted molar refractivity (Wildman–Crippen MR) is 124 cm³/mol. The predicted octanol–water partition coefficient (Wildman–Crippen LogP) is 4.01. The fraction of sp³-hybridized carbons (Fsp3) is 0.476. The van der Waals surface area contributed by atoms with Gasteiger partial charge in [-0.15, -0.1) is 22.7 Å². The molecule has 8 nitrogen and oxygen atoms in total. The fourth-order valence-electron chi connectivity index (χ4n) is 3.65. The number of nitrogens with zero attached hydrogens (tertiary/aromatic N) is 3. The molecule has 1 atom stereocenters. The SMILES string of the molecule is Cc1sc(-c2noc(C(C)C)n2)cc1S(=O)(=O)N1CCC[C@H](C(=O)NCc2cccs2)C1. The second-order valence-corrected chi connectivity index (χ2v) is 12.3. The van der Waals surface area contributed by atoms with Gasteiger partial charge < -0.3 is 9.84 Å². The van der Waals surface area contributed by atoms with E-state index < -0.39 is 10.0 Å². The zero-order valence-corrected chi connectivity index (χ0v) is 20.6. The third-order valence-corrected chi connectivity index (χ3v) is 9.46. The summed E-state index contributed by atoms with van der Waals surface area (Å²) < 4.78 is 33.5. The molecule has 0 unspecified atom stereocenters. The van der Waals surface area contributed by atoms with Crippen molar-refractivity contribution in [1.29, 1.82) is 0 Å². The van der Waals surface area contributed by atoms with Crippen LogP contribution in [-0.4, -0.2) is 41.9 Å². The highest BCUT2D eigenvalue weighted by Gasteiger charge is 2.35. The second-order valence-electron chi connectivity index (χ2n) is 8.14. The fourth-order valence-corrected chi connectivity index (χ4v) is 7.30. The Morgan fingerprint density at radius 1 is 1.41 bits per heavy atom. The summed E-state index contributed by atoms with van der Waals surface area (Å²) in [5.74, 6) is 0.545. The van der Waals surface area contributed by atoms with Crippen molar-refractivity contribution in [1.82, 2.24) is 19.8 Å². The van der Waals surface area contributed by atoms with Crippen LogP contribution < -0.4 is 5.32 Å². The van der Waals surface area contributed by atoms with Gasteiger partial charge in [-0.3, -0.25) is 4.79 Å². The summed E-state index contributed by atoms with van der Waals surface area (Å²) in [6.07, 6.45) is 1.33. The number of aryl methyl sites for hydroxylation is 1. The Morgan fingerprint density at radius 3 is 2.91 bits per heavy atom. The number of thiophene rings is 2. The van der Waals surface area contributed by atoms with Gasteiger partial charge in [-0.25, -0.2) is 8.42 Å². The molecule has 1 amide bonds. The van der Waals surface area contributed by atoms with Crippen LogP contribution in [0.4, 0.5) is 0 Å². The summed E-state index contributed by atoms with van der Waals surface area (Å²) in [5, 5.41) is 8.90. The smallest absolute Gasteiger partial charge is 0.244 e. The molecule has 3 aromatic rings. The van der Waals surface area contributed by atoms with Crippen molar-refractivity contribution in [3.8, 4) is 10.7 Å². The molecule has 3 aromatic heterocycles. The lowest BCUT2D eigenvalue weighted by Gasteiger charge is -2.31. The van der Waals surface area contributed by atoms with E-state index in [0.29, 0.717) is 47.4 Å². The van der Waals surface area contributed by atoms with Gasteiger partial charge >= 0.3 is 0 Å². The number of piperidine rings is 1. The normalized spacial score (nSPS) is 17.7. The summed E-state index contributed by atoms with van der Waals surface area (Å²) in [5.41, 5.74) is 0. The minimum Gasteiger partial charge on any atom is -0.351 e. The molecule has 0 aromatic carbocycles. The third-order valence-electron chi connectivity index (χ3n) is 5.42. The van der Waals surface area contributed by atoms with Crippen molar-refractivity contribution >= 4 is 38.6 Å². The van der Waals surface area contributed by atoms with Gasteiger partial charge in [0.2, 0.25) is 27.6 Å². The van der Waals surface area contributed by atoms with Gasteiger partial charge in [0.1, 0.15) is 0 Å². The third kappa shape index (κ3) is 4.80. The first-order valence-corrected chi connectivity index (χ1v) is 13.6. The lowest BCUT2D eigenvalue weighted by atomic mass is 9.99. The number of hydrogen-bond acceptors (Lipinski definition) is 8. The zero-order valence-electron chi connectivity index (χ0n) is 18.2. The van der Waals surface area contributed by atoms with Gasteiger partial charge in [-0.2, -0.15) is 9.29 Å². The van der Waals surface area contributed by atoms with Gasteiger partial charge in [0.05, 0.1) is 22.2 Å². The number of nitrogens with one attached hydrogen (secondary N) is 1. The standard InChI is InChI=1S/C21H26N4O4S3/c1-13(2)21-23-19(24-29-21)17-10-18(14(3)31-17)32(27,28)25-8-4-6-15(12-25)20(26)22-11-16-7-5-9-30-16/h5,7,9-10,13,15H,4,6,8,11-12H2,1-3H3,(H,22,26)/t15-/m0/s1. The van der Waals surface area contributed by atoms with Crippen LogP contribution in [0.5, 0.6) is 0 Å². The molecule has 1 aliphatic rings. The van der Waals surface area contributed by atoms with E-state index in [1.807, 2.05) is 31.4 Å². The van der Waals surface area contributed by atoms with E-state index >= 15 is 0 Å². The first-order chi connectivity index (χ1) is 15.3. The monoisotopic (exact) mass is 494 g/mol. The summed E-state index contributed by atoms with van der Waals surface area (Å²) in [7, 11) is -3.73. The van der Waals surface area contributed by atoms with Gasteiger partial charge in [-0.05, 0) is 37.3 Å². The molecule has 0 spiro atoms. The summed E-state index contributed by atoms with van der Waals surface area (Å²) in [6.45, 7) is 6.74. The summed E-state index contributed by atoms with van der Waals surface area (Å²) in [4.78, 5) is 19.7. The largest absolute Gasteiger partial charge is 0.351 e. The Balaban J connectivity index is 1.48. The van der Waals surface area contributed by atoms with Crippen LogP contribution in [0, 0.1) is 12.8 Å². The molecule has 0 bridgehead atoms. The van der Waals surface area contributed by atoms with E-state index in [1.165, 1.54) is 15.6 Å². The molecule has 1 N–H and O–H groups in total. The van der Waals surface area contributed by atoms with Crippen LogP contribution >= 0.6 is 22.7 Å². The molecule has 0 aliphatic carbocycles. The Labute approximate surface area is 195 Å². The second kappa shape index (κ2) is 9.42. The van der Waals surface area contributed by atoms with Crippen LogP contribution in [0.1, 0.15) is 48.3 Å². The molecule has 32 heavy (non-hydrogen) atoms. The van der Waals surface area contributed by atoms with Crippen molar-refractivity contribution < 1.29 is 17.7 Å². The maximum atomic E-state index is 13.4. The number of rotatable bonds is 7. The van der Waals surface area contributed by atoms with Crippen LogP contribution in [-0.2, 0) is 21.4 Å². The van der Waals surface area contributed by atoms with E-state index in [0.717, 1.165) is 4.88 Å². The molecule has 1 aliphatic heterocycles. The molecular weight excluding hydrogens is 468 g/mol. The lowest BCUT2D eigenvalue weighted by Crippen LogP contribution is -2.45. The Morgan fingerprint density at radius 2 is 2.22 bits per heavy atom. The average molecular weight is 495 g/mol. The molecule has 0 saturated carbocycles. The quantitative estimate of drug-likeness (QED) is 0.532. The van der Waals surface area contributed by atoms with E-state index in [9.17, 15) is 13.2 Å². The minimum absolute atomic E-state index is 0.0942. The molecule has 4 rings (SSSR count). The van der Waals surface area contributed by atoms with Gasteiger partial charge in [0, 0.05) is 28.8 Å². The van der Waals surface area contributed by atoms with E-state index in [1.54, 1.807) is 24.3 Å². The number of carbonyl (C=O) groups is 1. The van der Waals surface area contributed by atoms with Crippen LogP contribution in [0.25, 0.3) is 10.7 Å². The molecule has 4 heterocycles. The van der Waals surface area contributed by atoms with E-state index in [2.05, 4.69) is 15.5 Å². The molecule has 1 saturated heterocycles. The molecule has 11 heteroatoms. The number of amides is 1. The van der Waals surface area contributed by atoms with E-state index in [-0.39, 0.29) is 29.2 Å². The minimum atomic E-state index is -3.73. The number of hydrogen-bond donors (Lipinski definition) is 1. The Kier molecular flexibility index (Phi) is 6.80. The number of aromatic nitrogens is 2. The van der Waals surface area contributed by atoms with E-state index in [4.69, 9.17) is 4.52 Å². The molecule has 1 fully saturated rings. The maximum absolute atomic E-state index is 13.4. The topological polar surface area (TPSA) is 105 Å². The van der Waals surface area contributed by atoms with Gasteiger partial charge in [-0.1, -0.05) is 25.1 Å². The van der Waals surface area contributed by atoms with Crippen molar-refractivity contribution in [2.75, 3.05) is 13.1 Å². The average Bonchev–Trinajstić information content (AvgIpc) is 3.52. The number of carbonyl (C=O) groups excluding carboxylic acids is 1. The van der Waals surface area contributed by atoms with Crippen molar-refractivity contribution in [3.63, 3.8) is 0 Å². The van der Waals surface area contributed by atoms with Crippen molar-refractivity contribution in [2.24, 2.45) is 5.92 Å². The van der Waals surface area contributed by atoms with Gasteiger partial charge in [0.25, 0.3) is 0 Å². The highest BCUT2D eigenvalue weighted by atomic mass is 32.2. The van der Waals surface area contributed by atoms with Gasteiger partial charge in [0.15, 0.2) is 0 Å². The highest BCUT2D eigenvalue weighted by Crippen LogP contribution is 2.35. The molecular formula is C21H26N4O4S3. The maximum Gasteiger partial charge on any atom is 0.244 e. The first kappa shape index (κ1) is 23.1.